The molecule has 0 bridgehead atoms. The lowest BCUT2D eigenvalue weighted by atomic mass is 10.3. The zero-order chi connectivity index (χ0) is 12.4. The van der Waals surface area contributed by atoms with Gasteiger partial charge < -0.3 is 5.32 Å². The van der Waals surface area contributed by atoms with Crippen LogP contribution in [0.3, 0.4) is 0 Å². The first kappa shape index (κ1) is 11.5. The highest BCUT2D eigenvalue weighted by Gasteiger charge is 2.12. The van der Waals surface area contributed by atoms with Gasteiger partial charge in [0.1, 0.15) is 5.56 Å². The first-order valence-electron chi connectivity index (χ1n) is 4.97. The SMILES string of the molecule is C=C(C)CNC(=O)c1cnc2sccn2c1=O. The van der Waals surface area contributed by atoms with E-state index in [9.17, 15) is 9.59 Å². The van der Waals surface area contributed by atoms with Gasteiger partial charge in [-0.05, 0) is 6.92 Å². The fourth-order valence-electron chi connectivity index (χ4n) is 1.31. The molecule has 2 rings (SSSR count). The van der Waals surface area contributed by atoms with Crippen molar-refractivity contribution in [3.63, 3.8) is 0 Å². The molecule has 0 aromatic carbocycles. The Morgan fingerprint density at radius 3 is 3.12 bits per heavy atom. The monoisotopic (exact) mass is 249 g/mol. The summed E-state index contributed by atoms with van der Waals surface area (Å²) in [5.74, 6) is -0.425. The summed E-state index contributed by atoms with van der Waals surface area (Å²) < 4.78 is 1.36. The highest BCUT2D eigenvalue weighted by molar-refractivity contribution is 7.15. The van der Waals surface area contributed by atoms with E-state index in [2.05, 4.69) is 16.9 Å². The normalized spacial score (nSPS) is 10.4. The highest BCUT2D eigenvalue weighted by atomic mass is 32.1. The molecule has 5 nitrogen and oxygen atoms in total. The highest BCUT2D eigenvalue weighted by Crippen LogP contribution is 2.05. The molecular formula is C11H11N3O2S. The zero-order valence-electron chi connectivity index (χ0n) is 9.27. The van der Waals surface area contributed by atoms with Crippen LogP contribution < -0.4 is 10.9 Å². The molecule has 0 spiro atoms. The van der Waals surface area contributed by atoms with Gasteiger partial charge in [-0.3, -0.25) is 14.0 Å². The predicted molar refractivity (Wildman–Crippen MR) is 66.5 cm³/mol. The maximum Gasteiger partial charge on any atom is 0.271 e. The molecule has 0 aliphatic heterocycles. The zero-order valence-corrected chi connectivity index (χ0v) is 10.1. The Bertz CT molecular complexity index is 641. The van der Waals surface area contributed by atoms with Gasteiger partial charge in [-0.15, -0.1) is 11.3 Å². The number of amides is 1. The first-order valence-corrected chi connectivity index (χ1v) is 5.85. The fourth-order valence-corrected chi connectivity index (χ4v) is 1.98. The van der Waals surface area contributed by atoms with Gasteiger partial charge in [0, 0.05) is 24.3 Å². The minimum absolute atomic E-state index is 0.0437. The van der Waals surface area contributed by atoms with Crippen LogP contribution in [0.1, 0.15) is 17.3 Å². The van der Waals surface area contributed by atoms with Crippen molar-refractivity contribution in [2.45, 2.75) is 6.92 Å². The number of nitrogens with one attached hydrogen (secondary N) is 1. The molecule has 0 aliphatic rings. The second-order valence-electron chi connectivity index (χ2n) is 3.67. The van der Waals surface area contributed by atoms with Gasteiger partial charge in [0.2, 0.25) is 0 Å². The Labute approximate surface area is 101 Å². The summed E-state index contributed by atoms with van der Waals surface area (Å²) in [5.41, 5.74) is 0.514. The molecule has 2 aromatic heterocycles. The number of fused-ring (bicyclic) bond motifs is 1. The third-order valence-corrected chi connectivity index (χ3v) is 2.91. The summed E-state index contributed by atoms with van der Waals surface area (Å²) in [6.07, 6.45) is 2.91. The second-order valence-corrected chi connectivity index (χ2v) is 4.55. The number of rotatable bonds is 3. The van der Waals surface area contributed by atoms with Gasteiger partial charge in [-0.25, -0.2) is 4.98 Å². The second kappa shape index (κ2) is 4.50. The summed E-state index contributed by atoms with van der Waals surface area (Å²) in [6, 6.07) is 0. The van der Waals surface area contributed by atoms with E-state index >= 15 is 0 Å². The van der Waals surface area contributed by atoms with Crippen LogP contribution in [0, 0.1) is 0 Å². The third-order valence-electron chi connectivity index (χ3n) is 2.14. The summed E-state index contributed by atoms with van der Waals surface area (Å²) in [7, 11) is 0. The Morgan fingerprint density at radius 2 is 2.41 bits per heavy atom. The van der Waals surface area contributed by atoms with Crippen molar-refractivity contribution in [1.29, 1.82) is 0 Å². The third kappa shape index (κ3) is 2.26. The molecular weight excluding hydrogens is 238 g/mol. The van der Waals surface area contributed by atoms with Crippen molar-refractivity contribution < 1.29 is 4.79 Å². The van der Waals surface area contributed by atoms with Gasteiger partial charge in [-0.1, -0.05) is 12.2 Å². The van der Waals surface area contributed by atoms with E-state index in [0.29, 0.717) is 11.5 Å². The van der Waals surface area contributed by atoms with Gasteiger partial charge in [0.15, 0.2) is 4.96 Å². The number of hydrogen-bond donors (Lipinski definition) is 1. The molecule has 0 saturated heterocycles. The molecule has 2 aromatic rings. The van der Waals surface area contributed by atoms with Crippen molar-refractivity contribution in [2.24, 2.45) is 0 Å². The maximum absolute atomic E-state index is 11.9. The minimum Gasteiger partial charge on any atom is -0.348 e. The van der Waals surface area contributed by atoms with Crippen LogP contribution in [0.4, 0.5) is 0 Å². The number of hydrogen-bond acceptors (Lipinski definition) is 4. The topological polar surface area (TPSA) is 63.5 Å². The van der Waals surface area contributed by atoms with Crippen LogP contribution in [0.15, 0.2) is 34.7 Å². The molecule has 1 amide bonds. The Morgan fingerprint density at radius 1 is 1.65 bits per heavy atom. The molecule has 0 saturated carbocycles. The van der Waals surface area contributed by atoms with Gasteiger partial charge in [0.25, 0.3) is 11.5 Å². The quantitative estimate of drug-likeness (QED) is 0.827. The molecule has 17 heavy (non-hydrogen) atoms. The van der Waals surface area contributed by atoms with Crippen molar-refractivity contribution in [1.82, 2.24) is 14.7 Å². The molecule has 88 valence electrons. The van der Waals surface area contributed by atoms with E-state index in [0.717, 1.165) is 5.57 Å². The summed E-state index contributed by atoms with van der Waals surface area (Å²) in [5, 5.41) is 4.36. The van der Waals surface area contributed by atoms with Crippen LogP contribution in [0.25, 0.3) is 4.96 Å². The molecule has 1 N–H and O–H groups in total. The molecule has 0 unspecified atom stereocenters. The summed E-state index contributed by atoms with van der Waals surface area (Å²) in [4.78, 5) is 28.3. The van der Waals surface area contributed by atoms with Crippen LogP contribution >= 0.6 is 11.3 Å². The predicted octanol–water partition coefficient (Wildman–Crippen LogP) is 1.06. The number of aromatic nitrogens is 2. The van der Waals surface area contributed by atoms with Crippen molar-refractivity contribution in [2.75, 3.05) is 6.54 Å². The first-order chi connectivity index (χ1) is 8.09. The Balaban J connectivity index is 2.35. The maximum atomic E-state index is 11.9. The fraction of sp³-hybridized carbons (Fsp3) is 0.182. The van der Waals surface area contributed by atoms with Crippen molar-refractivity contribution in [3.05, 3.63) is 45.8 Å². The number of thiazole rings is 1. The average molecular weight is 249 g/mol. The lowest BCUT2D eigenvalue weighted by Crippen LogP contribution is -2.31. The van der Waals surface area contributed by atoms with Crippen LogP contribution in [0.5, 0.6) is 0 Å². The van der Waals surface area contributed by atoms with E-state index in [1.807, 2.05) is 0 Å². The van der Waals surface area contributed by atoms with E-state index in [-0.39, 0.29) is 11.1 Å². The molecule has 0 aliphatic carbocycles. The summed E-state index contributed by atoms with van der Waals surface area (Å²) in [6.45, 7) is 5.82. The van der Waals surface area contributed by atoms with Crippen LogP contribution in [-0.4, -0.2) is 21.8 Å². The molecule has 2 heterocycles. The lowest BCUT2D eigenvalue weighted by Gasteiger charge is -2.03. The van der Waals surface area contributed by atoms with Gasteiger partial charge in [0.05, 0.1) is 0 Å². The number of carbonyl (C=O) groups excluding carboxylic acids is 1. The largest absolute Gasteiger partial charge is 0.348 e. The number of carbonyl (C=O) groups is 1. The van der Waals surface area contributed by atoms with E-state index in [1.54, 1.807) is 18.5 Å². The van der Waals surface area contributed by atoms with Crippen molar-refractivity contribution in [3.8, 4) is 0 Å². The van der Waals surface area contributed by atoms with E-state index in [4.69, 9.17) is 0 Å². The van der Waals surface area contributed by atoms with E-state index in [1.165, 1.54) is 21.9 Å². The summed E-state index contributed by atoms with van der Waals surface area (Å²) >= 11 is 1.35. The average Bonchev–Trinajstić information content (AvgIpc) is 2.75. The molecule has 6 heteroatoms. The van der Waals surface area contributed by atoms with Crippen LogP contribution in [-0.2, 0) is 0 Å². The molecule has 0 atom stereocenters. The Kier molecular flexibility index (Phi) is 3.06. The number of nitrogens with zero attached hydrogens (tertiary/aromatic N) is 2. The van der Waals surface area contributed by atoms with Crippen LogP contribution in [0.2, 0.25) is 0 Å². The van der Waals surface area contributed by atoms with Gasteiger partial charge in [-0.2, -0.15) is 0 Å². The lowest BCUT2D eigenvalue weighted by molar-refractivity contribution is 0.0955. The molecule has 0 fully saturated rings. The van der Waals surface area contributed by atoms with Gasteiger partial charge >= 0.3 is 0 Å². The Hall–Kier alpha value is -1.95. The minimum atomic E-state index is -0.425. The van der Waals surface area contributed by atoms with Crippen molar-refractivity contribution >= 4 is 22.2 Å². The molecule has 0 radical (unpaired) electrons. The van der Waals surface area contributed by atoms with E-state index < -0.39 is 5.91 Å². The smallest absolute Gasteiger partial charge is 0.271 e. The standard InChI is InChI=1S/C11H11N3O2S/c1-7(2)5-12-9(15)8-6-13-11-14(10(8)16)3-4-17-11/h3-4,6H,1,5H2,2H3,(H,12,15).